The van der Waals surface area contributed by atoms with Crippen molar-refractivity contribution in [3.8, 4) is 0 Å². The second-order valence-electron chi connectivity index (χ2n) is 5.68. The van der Waals surface area contributed by atoms with Gasteiger partial charge in [0.1, 0.15) is 0 Å². The Morgan fingerprint density at radius 1 is 0.560 bits per heavy atom. The summed E-state index contributed by atoms with van der Waals surface area (Å²) in [5.41, 5.74) is 1.84. The van der Waals surface area contributed by atoms with Gasteiger partial charge in [0.2, 0.25) is 0 Å². The Bertz CT molecular complexity index is 949. The molecule has 0 atom stereocenters. The zero-order valence-corrected chi connectivity index (χ0v) is 14.3. The van der Waals surface area contributed by atoms with Gasteiger partial charge in [-0.15, -0.1) is 12.4 Å². The highest BCUT2D eigenvalue weighted by Gasteiger charge is 2.05. The topological polar surface area (TPSA) is 47.9 Å². The summed E-state index contributed by atoms with van der Waals surface area (Å²) in [6.45, 7) is 0. The zero-order chi connectivity index (χ0) is 16.4. The largest absolute Gasteiger partial charge is 0.326 e. The molecule has 0 aliphatic carbocycles. The molecule has 0 radical (unpaired) electrons. The summed E-state index contributed by atoms with van der Waals surface area (Å²) in [4.78, 5) is 0. The molecule has 4 aromatic carbocycles. The number of benzene rings is 4. The van der Waals surface area contributed by atoms with Crippen LogP contribution in [0.1, 0.15) is 0 Å². The van der Waals surface area contributed by atoms with E-state index in [1.54, 1.807) is 0 Å². The number of halogens is 1. The van der Waals surface area contributed by atoms with E-state index in [0.717, 1.165) is 32.9 Å². The summed E-state index contributed by atoms with van der Waals surface area (Å²) in [6, 6.07) is 28.4. The highest BCUT2D eigenvalue weighted by Crippen LogP contribution is 2.25. The lowest BCUT2D eigenvalue weighted by Crippen LogP contribution is -2.20. The van der Waals surface area contributed by atoms with Crippen LogP contribution in [-0.2, 0) is 0 Å². The van der Waals surface area contributed by atoms with Crippen molar-refractivity contribution < 1.29 is 0 Å². The molecule has 4 aromatic rings. The van der Waals surface area contributed by atoms with Gasteiger partial charge in [-0.2, -0.15) is 0 Å². The molecule has 0 saturated heterocycles. The van der Waals surface area contributed by atoms with E-state index in [9.17, 15) is 0 Å². The van der Waals surface area contributed by atoms with E-state index in [0.29, 0.717) is 0 Å². The SMILES string of the molecule is Cl.N=C(Nc1cccc2ccccc12)Nc1cccc2ccccc12. The molecular formula is C21H18ClN3. The van der Waals surface area contributed by atoms with Gasteiger partial charge in [0.05, 0.1) is 0 Å². The summed E-state index contributed by atoms with van der Waals surface area (Å²) in [5, 5.41) is 19.1. The molecule has 0 unspecified atom stereocenters. The van der Waals surface area contributed by atoms with Crippen LogP contribution >= 0.6 is 12.4 Å². The molecule has 0 amide bonds. The number of fused-ring (bicyclic) bond motifs is 2. The minimum Gasteiger partial charge on any atom is -0.326 e. The molecule has 0 aliphatic rings. The van der Waals surface area contributed by atoms with E-state index >= 15 is 0 Å². The molecule has 0 bridgehead atoms. The Morgan fingerprint density at radius 3 is 1.44 bits per heavy atom. The van der Waals surface area contributed by atoms with Crippen molar-refractivity contribution in [1.29, 1.82) is 5.41 Å². The Labute approximate surface area is 152 Å². The van der Waals surface area contributed by atoms with Gasteiger partial charge in [-0.25, -0.2) is 0 Å². The molecule has 0 saturated carbocycles. The number of nitrogens with one attached hydrogen (secondary N) is 3. The van der Waals surface area contributed by atoms with Gasteiger partial charge >= 0.3 is 0 Å². The Morgan fingerprint density at radius 2 is 0.960 bits per heavy atom. The van der Waals surface area contributed by atoms with Crippen LogP contribution in [0, 0.1) is 5.41 Å². The molecule has 3 nitrogen and oxygen atoms in total. The fourth-order valence-corrected chi connectivity index (χ4v) is 2.97. The van der Waals surface area contributed by atoms with Crippen LogP contribution in [-0.4, -0.2) is 5.96 Å². The first-order valence-electron chi connectivity index (χ1n) is 7.89. The lowest BCUT2D eigenvalue weighted by Gasteiger charge is -2.14. The maximum absolute atomic E-state index is 8.29. The first-order valence-corrected chi connectivity index (χ1v) is 7.89. The fraction of sp³-hybridized carbons (Fsp3) is 0. The van der Waals surface area contributed by atoms with Gasteiger partial charge in [0, 0.05) is 22.1 Å². The number of guanidine groups is 1. The third-order valence-electron chi connectivity index (χ3n) is 4.10. The third kappa shape index (κ3) is 3.42. The summed E-state index contributed by atoms with van der Waals surface area (Å²) in [7, 11) is 0. The average molecular weight is 348 g/mol. The molecule has 0 fully saturated rings. The molecule has 3 N–H and O–H groups in total. The highest BCUT2D eigenvalue weighted by atomic mass is 35.5. The van der Waals surface area contributed by atoms with Crippen molar-refractivity contribution in [2.75, 3.05) is 10.6 Å². The van der Waals surface area contributed by atoms with Gasteiger partial charge in [0.15, 0.2) is 5.96 Å². The van der Waals surface area contributed by atoms with Crippen molar-refractivity contribution >= 4 is 51.3 Å². The van der Waals surface area contributed by atoms with Crippen LogP contribution in [0.25, 0.3) is 21.5 Å². The summed E-state index contributed by atoms with van der Waals surface area (Å²) in [5.74, 6) is 0.253. The number of rotatable bonds is 2. The van der Waals surface area contributed by atoms with E-state index in [-0.39, 0.29) is 18.4 Å². The normalized spacial score (nSPS) is 10.2. The van der Waals surface area contributed by atoms with Crippen LogP contribution in [0.3, 0.4) is 0 Å². The standard InChI is InChI=1S/C21H17N3.ClH/c22-21(23-19-13-5-9-15-7-1-3-11-17(15)19)24-20-14-6-10-16-8-2-4-12-18(16)20;/h1-14H,(H3,22,23,24);1H. The van der Waals surface area contributed by atoms with E-state index in [2.05, 4.69) is 47.0 Å². The Balaban J connectivity index is 0.00000182. The minimum absolute atomic E-state index is 0. The molecule has 0 aromatic heterocycles. The summed E-state index contributed by atoms with van der Waals surface area (Å²) in [6.07, 6.45) is 0. The quantitative estimate of drug-likeness (QED) is 0.313. The van der Waals surface area contributed by atoms with Crippen LogP contribution in [0.4, 0.5) is 11.4 Å². The maximum Gasteiger partial charge on any atom is 0.197 e. The first-order chi connectivity index (χ1) is 11.8. The average Bonchev–Trinajstić information content (AvgIpc) is 2.62. The van der Waals surface area contributed by atoms with Crippen LogP contribution in [0.15, 0.2) is 84.9 Å². The first kappa shape index (κ1) is 16.8. The molecular weight excluding hydrogens is 330 g/mol. The molecule has 4 heteroatoms. The molecule has 124 valence electrons. The summed E-state index contributed by atoms with van der Waals surface area (Å²) < 4.78 is 0. The second-order valence-corrected chi connectivity index (χ2v) is 5.68. The van der Waals surface area contributed by atoms with Crippen molar-refractivity contribution in [2.24, 2.45) is 0 Å². The van der Waals surface area contributed by atoms with Crippen molar-refractivity contribution in [2.45, 2.75) is 0 Å². The lowest BCUT2D eigenvalue weighted by molar-refractivity contribution is 1.44. The van der Waals surface area contributed by atoms with Crippen molar-refractivity contribution in [3.63, 3.8) is 0 Å². The number of anilines is 2. The smallest absolute Gasteiger partial charge is 0.197 e. The maximum atomic E-state index is 8.29. The monoisotopic (exact) mass is 347 g/mol. The highest BCUT2D eigenvalue weighted by molar-refractivity contribution is 6.10. The van der Waals surface area contributed by atoms with Crippen molar-refractivity contribution in [1.82, 2.24) is 0 Å². The van der Waals surface area contributed by atoms with Gasteiger partial charge < -0.3 is 10.6 Å². The van der Waals surface area contributed by atoms with Crippen LogP contribution in [0.5, 0.6) is 0 Å². The number of hydrogen-bond donors (Lipinski definition) is 3. The van der Waals surface area contributed by atoms with Gasteiger partial charge in [0.25, 0.3) is 0 Å². The molecule has 25 heavy (non-hydrogen) atoms. The Hall–Kier alpha value is -3.04. The predicted octanol–water partition coefficient (Wildman–Crippen LogP) is 5.87. The summed E-state index contributed by atoms with van der Waals surface area (Å²) >= 11 is 0. The molecule has 0 heterocycles. The fourth-order valence-electron chi connectivity index (χ4n) is 2.97. The molecule has 4 rings (SSSR count). The third-order valence-corrected chi connectivity index (χ3v) is 4.10. The van der Waals surface area contributed by atoms with Crippen LogP contribution < -0.4 is 10.6 Å². The van der Waals surface area contributed by atoms with Gasteiger partial charge in [-0.1, -0.05) is 72.8 Å². The van der Waals surface area contributed by atoms with E-state index in [1.165, 1.54) is 0 Å². The zero-order valence-electron chi connectivity index (χ0n) is 13.5. The van der Waals surface area contributed by atoms with E-state index in [1.807, 2.05) is 48.5 Å². The predicted molar refractivity (Wildman–Crippen MR) is 110 cm³/mol. The van der Waals surface area contributed by atoms with E-state index < -0.39 is 0 Å². The number of hydrogen-bond acceptors (Lipinski definition) is 1. The van der Waals surface area contributed by atoms with E-state index in [4.69, 9.17) is 5.41 Å². The minimum atomic E-state index is 0. The molecule has 0 spiro atoms. The van der Waals surface area contributed by atoms with Gasteiger partial charge in [-0.3, -0.25) is 5.41 Å². The van der Waals surface area contributed by atoms with Crippen molar-refractivity contribution in [3.05, 3.63) is 84.9 Å². The van der Waals surface area contributed by atoms with Gasteiger partial charge in [-0.05, 0) is 22.9 Å². The molecule has 0 aliphatic heterocycles. The lowest BCUT2D eigenvalue weighted by atomic mass is 10.1. The second kappa shape index (κ2) is 7.24. The van der Waals surface area contributed by atoms with Crippen LogP contribution in [0.2, 0.25) is 0 Å². The Kier molecular flexibility index (Phi) is 4.87.